The Morgan fingerprint density at radius 3 is 2.62 bits per heavy atom. The van der Waals surface area contributed by atoms with Gasteiger partial charge in [0, 0.05) is 13.2 Å². The number of benzene rings is 1. The van der Waals surface area contributed by atoms with Gasteiger partial charge in [0.05, 0.1) is 19.3 Å². The highest BCUT2D eigenvalue weighted by atomic mass is 16.5. The molecule has 0 bridgehead atoms. The first-order valence-corrected chi connectivity index (χ1v) is 4.78. The number of primary amides is 1. The minimum Gasteiger partial charge on any atom is -0.497 e. The van der Waals surface area contributed by atoms with Gasteiger partial charge in [0.2, 0.25) is 0 Å². The van der Waals surface area contributed by atoms with Crippen molar-refractivity contribution in [1.82, 2.24) is 0 Å². The lowest BCUT2D eigenvalue weighted by molar-refractivity contribution is 0.0992. The number of carbonyl (C=O) groups is 1. The Balaban J connectivity index is 2.87. The molecule has 0 aliphatic carbocycles. The summed E-state index contributed by atoms with van der Waals surface area (Å²) < 4.78 is 15.3. The molecule has 2 N–H and O–H groups in total. The third-order valence-electron chi connectivity index (χ3n) is 2.00. The smallest absolute Gasteiger partial charge is 0.252 e. The maximum Gasteiger partial charge on any atom is 0.252 e. The van der Waals surface area contributed by atoms with E-state index < -0.39 is 5.91 Å². The van der Waals surface area contributed by atoms with E-state index in [-0.39, 0.29) is 0 Å². The molecule has 0 heterocycles. The Morgan fingerprint density at radius 2 is 2.06 bits per heavy atom. The predicted molar refractivity (Wildman–Crippen MR) is 58.9 cm³/mol. The molecule has 1 aromatic carbocycles. The van der Waals surface area contributed by atoms with E-state index >= 15 is 0 Å². The second-order valence-corrected chi connectivity index (χ2v) is 3.07. The Bertz CT molecular complexity index is 365. The number of methoxy groups -OCH3 is 2. The van der Waals surface area contributed by atoms with E-state index in [2.05, 4.69) is 0 Å². The fourth-order valence-electron chi connectivity index (χ4n) is 1.19. The van der Waals surface area contributed by atoms with Crippen LogP contribution < -0.4 is 15.2 Å². The highest BCUT2D eigenvalue weighted by molar-refractivity contribution is 5.95. The van der Waals surface area contributed by atoms with Crippen LogP contribution in [0.15, 0.2) is 18.2 Å². The molecule has 0 aliphatic rings. The number of hydrogen-bond acceptors (Lipinski definition) is 4. The summed E-state index contributed by atoms with van der Waals surface area (Å²) in [6.45, 7) is 0.791. The zero-order chi connectivity index (χ0) is 12.0. The van der Waals surface area contributed by atoms with Crippen molar-refractivity contribution in [2.45, 2.75) is 0 Å². The molecule has 1 rings (SSSR count). The van der Waals surface area contributed by atoms with Crippen LogP contribution in [0.2, 0.25) is 0 Å². The van der Waals surface area contributed by atoms with E-state index in [0.717, 1.165) is 0 Å². The highest BCUT2D eigenvalue weighted by Crippen LogP contribution is 2.24. The molecule has 0 unspecified atom stereocenters. The fraction of sp³-hybridized carbons (Fsp3) is 0.364. The summed E-state index contributed by atoms with van der Waals surface area (Å²) in [7, 11) is 3.11. The van der Waals surface area contributed by atoms with E-state index in [1.165, 1.54) is 7.11 Å². The van der Waals surface area contributed by atoms with Gasteiger partial charge in [0.25, 0.3) is 5.91 Å². The van der Waals surface area contributed by atoms with Crippen molar-refractivity contribution < 1.29 is 19.0 Å². The molecule has 0 saturated heterocycles. The average molecular weight is 225 g/mol. The van der Waals surface area contributed by atoms with Gasteiger partial charge in [-0.15, -0.1) is 0 Å². The van der Waals surface area contributed by atoms with Gasteiger partial charge in [-0.1, -0.05) is 0 Å². The van der Waals surface area contributed by atoms with E-state index in [4.69, 9.17) is 19.9 Å². The van der Waals surface area contributed by atoms with Crippen LogP contribution in [0.3, 0.4) is 0 Å². The van der Waals surface area contributed by atoms with Crippen molar-refractivity contribution in [3.63, 3.8) is 0 Å². The maximum atomic E-state index is 11.1. The molecular weight excluding hydrogens is 210 g/mol. The second-order valence-electron chi connectivity index (χ2n) is 3.07. The molecule has 0 radical (unpaired) electrons. The number of nitrogens with two attached hydrogens (primary N) is 1. The van der Waals surface area contributed by atoms with Gasteiger partial charge in [-0.2, -0.15) is 0 Å². The summed E-state index contributed by atoms with van der Waals surface area (Å²) in [6, 6.07) is 4.85. The molecular formula is C11H15NO4. The minimum absolute atomic E-state index is 0.330. The number of carbonyl (C=O) groups excluding carboxylic acids is 1. The predicted octanol–water partition coefficient (Wildman–Crippen LogP) is 0.819. The first-order chi connectivity index (χ1) is 7.69. The number of amides is 1. The van der Waals surface area contributed by atoms with Gasteiger partial charge in [0.1, 0.15) is 18.1 Å². The molecule has 1 aromatic rings. The molecule has 0 saturated carbocycles. The molecule has 0 fully saturated rings. The lowest BCUT2D eigenvalue weighted by Crippen LogP contribution is -2.14. The molecule has 5 nitrogen and oxygen atoms in total. The maximum absolute atomic E-state index is 11.1. The Morgan fingerprint density at radius 1 is 1.31 bits per heavy atom. The van der Waals surface area contributed by atoms with Gasteiger partial charge in [0.15, 0.2) is 0 Å². The second kappa shape index (κ2) is 5.97. The minimum atomic E-state index is -0.532. The van der Waals surface area contributed by atoms with Gasteiger partial charge in [-0.25, -0.2) is 0 Å². The highest BCUT2D eigenvalue weighted by Gasteiger charge is 2.10. The number of ether oxygens (including phenoxy) is 3. The van der Waals surface area contributed by atoms with Gasteiger partial charge in [-0.05, 0) is 12.1 Å². The Kier molecular flexibility index (Phi) is 4.60. The Labute approximate surface area is 94.1 Å². The lowest BCUT2D eigenvalue weighted by atomic mass is 10.2. The van der Waals surface area contributed by atoms with Gasteiger partial charge < -0.3 is 19.9 Å². The summed E-state index contributed by atoms with van der Waals surface area (Å²) in [5.74, 6) is 0.483. The zero-order valence-corrected chi connectivity index (χ0v) is 9.36. The lowest BCUT2D eigenvalue weighted by Gasteiger charge is -2.10. The summed E-state index contributed by atoms with van der Waals surface area (Å²) in [5.41, 5.74) is 5.55. The largest absolute Gasteiger partial charge is 0.497 e. The van der Waals surface area contributed by atoms with Crippen molar-refractivity contribution in [3.05, 3.63) is 23.8 Å². The van der Waals surface area contributed by atoms with E-state index in [1.807, 2.05) is 0 Å². The molecule has 1 amide bonds. The SMILES string of the molecule is COCCOc1cc(OC)ccc1C(N)=O. The molecule has 88 valence electrons. The summed E-state index contributed by atoms with van der Waals surface area (Å²) in [6.07, 6.45) is 0. The summed E-state index contributed by atoms with van der Waals surface area (Å²) in [4.78, 5) is 11.1. The zero-order valence-electron chi connectivity index (χ0n) is 9.36. The van der Waals surface area contributed by atoms with Crippen LogP contribution in [0.25, 0.3) is 0 Å². The van der Waals surface area contributed by atoms with Crippen LogP contribution in [0.1, 0.15) is 10.4 Å². The monoisotopic (exact) mass is 225 g/mol. The van der Waals surface area contributed by atoms with Gasteiger partial charge in [-0.3, -0.25) is 4.79 Å². The van der Waals surface area contributed by atoms with E-state index in [0.29, 0.717) is 30.3 Å². The first-order valence-electron chi connectivity index (χ1n) is 4.78. The first kappa shape index (κ1) is 12.3. The van der Waals surface area contributed by atoms with Crippen LogP contribution in [-0.4, -0.2) is 33.3 Å². The molecule has 0 spiro atoms. The van der Waals surface area contributed by atoms with Crippen molar-refractivity contribution in [2.24, 2.45) is 5.73 Å². The molecule has 0 atom stereocenters. The van der Waals surface area contributed by atoms with Crippen molar-refractivity contribution in [1.29, 1.82) is 0 Å². The standard InChI is InChI=1S/C11H15NO4/c1-14-5-6-16-10-7-8(15-2)3-4-9(10)11(12)13/h3-4,7H,5-6H2,1-2H3,(H2,12,13). The summed E-state index contributed by atoms with van der Waals surface area (Å²) in [5, 5.41) is 0. The third kappa shape index (κ3) is 3.13. The van der Waals surface area contributed by atoms with Crippen molar-refractivity contribution in [3.8, 4) is 11.5 Å². The molecule has 0 aliphatic heterocycles. The molecule has 16 heavy (non-hydrogen) atoms. The molecule has 5 heteroatoms. The number of rotatable bonds is 6. The van der Waals surface area contributed by atoms with Crippen LogP contribution in [0.5, 0.6) is 11.5 Å². The van der Waals surface area contributed by atoms with Crippen LogP contribution in [0, 0.1) is 0 Å². The summed E-state index contributed by atoms with van der Waals surface area (Å²) >= 11 is 0. The van der Waals surface area contributed by atoms with Crippen molar-refractivity contribution in [2.75, 3.05) is 27.4 Å². The number of hydrogen-bond donors (Lipinski definition) is 1. The Hall–Kier alpha value is -1.75. The van der Waals surface area contributed by atoms with E-state index in [1.54, 1.807) is 25.3 Å². The normalized spacial score (nSPS) is 9.88. The topological polar surface area (TPSA) is 70.8 Å². The van der Waals surface area contributed by atoms with Crippen LogP contribution >= 0.6 is 0 Å². The van der Waals surface area contributed by atoms with E-state index in [9.17, 15) is 4.79 Å². The fourth-order valence-corrected chi connectivity index (χ4v) is 1.19. The van der Waals surface area contributed by atoms with Crippen LogP contribution in [-0.2, 0) is 4.74 Å². The average Bonchev–Trinajstić information content (AvgIpc) is 2.29. The van der Waals surface area contributed by atoms with Crippen molar-refractivity contribution >= 4 is 5.91 Å². The third-order valence-corrected chi connectivity index (χ3v) is 2.00. The quantitative estimate of drug-likeness (QED) is 0.727. The van der Waals surface area contributed by atoms with Crippen LogP contribution in [0.4, 0.5) is 0 Å². The van der Waals surface area contributed by atoms with Gasteiger partial charge >= 0.3 is 0 Å². The molecule has 0 aromatic heterocycles.